The van der Waals surface area contributed by atoms with E-state index >= 15 is 0 Å². The lowest BCUT2D eigenvalue weighted by atomic mass is 9.93. The molecule has 2 rings (SSSR count). The fraction of sp³-hybridized carbons (Fsp3) is 0.941. The smallest absolute Gasteiger partial charge is 0.193 e. The third-order valence-corrected chi connectivity index (χ3v) is 6.22. The minimum absolute atomic E-state index is 0.336. The predicted octanol–water partition coefficient (Wildman–Crippen LogP) is 2.51. The van der Waals surface area contributed by atoms with E-state index in [2.05, 4.69) is 52.6 Å². The molecule has 1 N–H and O–H groups in total. The summed E-state index contributed by atoms with van der Waals surface area (Å²) in [5.41, 5.74) is 0. The van der Waals surface area contributed by atoms with Crippen LogP contribution >= 0.6 is 11.8 Å². The first-order valence-corrected chi connectivity index (χ1v) is 9.84. The van der Waals surface area contributed by atoms with Crippen molar-refractivity contribution in [1.29, 1.82) is 0 Å². The van der Waals surface area contributed by atoms with Crippen molar-refractivity contribution >= 4 is 17.7 Å². The molecule has 0 aromatic rings. The summed E-state index contributed by atoms with van der Waals surface area (Å²) in [5.74, 6) is 3.18. The second-order valence-electron chi connectivity index (χ2n) is 7.17. The van der Waals surface area contributed by atoms with Gasteiger partial charge in [0.2, 0.25) is 0 Å². The van der Waals surface area contributed by atoms with Crippen LogP contribution < -0.4 is 5.32 Å². The van der Waals surface area contributed by atoms with Crippen molar-refractivity contribution in [2.45, 2.75) is 44.8 Å². The van der Waals surface area contributed by atoms with E-state index in [1.54, 1.807) is 0 Å². The Hall–Kier alpha value is -0.420. The van der Waals surface area contributed by atoms with Gasteiger partial charge in [0.25, 0.3) is 0 Å². The molecule has 0 aromatic heterocycles. The second-order valence-corrected chi connectivity index (χ2v) is 8.97. The van der Waals surface area contributed by atoms with Crippen LogP contribution in [0.1, 0.15) is 40.0 Å². The zero-order chi connectivity index (χ0) is 16.0. The molecule has 5 heteroatoms. The number of thioether (sulfide) groups is 1. The molecule has 22 heavy (non-hydrogen) atoms. The number of nitrogens with one attached hydrogen (secondary N) is 1. The lowest BCUT2D eigenvalue weighted by Gasteiger charge is -2.39. The van der Waals surface area contributed by atoms with Crippen LogP contribution in [-0.4, -0.2) is 72.6 Å². The van der Waals surface area contributed by atoms with E-state index in [4.69, 9.17) is 0 Å². The molecule has 2 aliphatic heterocycles. The van der Waals surface area contributed by atoms with Gasteiger partial charge in [0.05, 0.1) is 0 Å². The summed E-state index contributed by atoms with van der Waals surface area (Å²) in [4.78, 5) is 9.49. The van der Waals surface area contributed by atoms with Crippen LogP contribution in [0.5, 0.6) is 0 Å². The summed E-state index contributed by atoms with van der Waals surface area (Å²) in [5, 5.41) is 3.60. The van der Waals surface area contributed by atoms with Crippen LogP contribution in [0, 0.1) is 5.92 Å². The molecule has 2 saturated heterocycles. The minimum atomic E-state index is 0.336. The summed E-state index contributed by atoms with van der Waals surface area (Å²) < 4.78 is 0.336. The Morgan fingerprint density at radius 3 is 2.59 bits per heavy atom. The summed E-state index contributed by atoms with van der Waals surface area (Å²) >= 11 is 2.07. The minimum Gasteiger partial charge on any atom is -0.356 e. The molecular weight excluding hydrogens is 292 g/mol. The molecule has 0 bridgehead atoms. The number of hydrogen-bond donors (Lipinski definition) is 1. The number of aliphatic imine (C=N–C) groups is 1. The molecule has 0 unspecified atom stereocenters. The molecule has 0 aromatic carbocycles. The van der Waals surface area contributed by atoms with Crippen molar-refractivity contribution in [3.05, 3.63) is 0 Å². The van der Waals surface area contributed by atoms with Gasteiger partial charge in [-0.2, -0.15) is 11.8 Å². The van der Waals surface area contributed by atoms with Gasteiger partial charge in [-0.05, 0) is 58.7 Å². The van der Waals surface area contributed by atoms with Gasteiger partial charge in [0.1, 0.15) is 0 Å². The third kappa shape index (κ3) is 5.34. The zero-order valence-electron chi connectivity index (χ0n) is 14.9. The number of likely N-dealkylation sites (tertiary alicyclic amines) is 1. The third-order valence-electron chi connectivity index (χ3n) is 4.93. The van der Waals surface area contributed by atoms with E-state index in [9.17, 15) is 0 Å². The van der Waals surface area contributed by atoms with Crippen LogP contribution in [-0.2, 0) is 0 Å². The summed E-state index contributed by atoms with van der Waals surface area (Å²) in [6, 6.07) is 0. The number of hydrogen-bond acceptors (Lipinski definition) is 3. The van der Waals surface area contributed by atoms with Gasteiger partial charge in [-0.1, -0.05) is 6.92 Å². The predicted molar refractivity (Wildman–Crippen MR) is 98.9 cm³/mol. The molecule has 128 valence electrons. The first-order chi connectivity index (χ1) is 10.5. The Kier molecular flexibility index (Phi) is 6.87. The van der Waals surface area contributed by atoms with Crippen LogP contribution in [0.15, 0.2) is 4.99 Å². The van der Waals surface area contributed by atoms with E-state index in [1.165, 1.54) is 44.6 Å². The van der Waals surface area contributed by atoms with Crippen LogP contribution in [0.3, 0.4) is 0 Å². The van der Waals surface area contributed by atoms with Gasteiger partial charge >= 0.3 is 0 Å². The maximum atomic E-state index is 4.50. The van der Waals surface area contributed by atoms with Gasteiger partial charge in [-0.3, -0.25) is 4.99 Å². The van der Waals surface area contributed by atoms with E-state index in [-0.39, 0.29) is 0 Å². The Balaban J connectivity index is 1.71. The lowest BCUT2D eigenvalue weighted by molar-refractivity contribution is 0.187. The number of piperidine rings is 1. The molecule has 0 atom stereocenters. The highest BCUT2D eigenvalue weighted by atomic mass is 32.2. The quantitative estimate of drug-likeness (QED) is 0.635. The van der Waals surface area contributed by atoms with Gasteiger partial charge in [-0.15, -0.1) is 0 Å². The first kappa shape index (κ1) is 17.9. The summed E-state index contributed by atoms with van der Waals surface area (Å²) in [7, 11) is 1.91. The number of guanidine groups is 1. The highest BCUT2D eigenvalue weighted by molar-refractivity contribution is 8.00. The van der Waals surface area contributed by atoms with Crippen molar-refractivity contribution in [2.75, 3.05) is 52.1 Å². The monoisotopic (exact) mass is 326 g/mol. The van der Waals surface area contributed by atoms with Crippen molar-refractivity contribution in [3.63, 3.8) is 0 Å². The topological polar surface area (TPSA) is 30.9 Å². The van der Waals surface area contributed by atoms with Crippen LogP contribution in [0.25, 0.3) is 0 Å². The standard InChI is InChI=1S/C17H34N4S/c1-5-20-10-7-15(8-11-20)6-9-19-16(18-4)21-12-13-22-17(2,3)14-21/h15H,5-14H2,1-4H3,(H,18,19). The normalized spacial score (nSPS) is 24.5. The van der Waals surface area contributed by atoms with Crippen molar-refractivity contribution < 1.29 is 0 Å². The van der Waals surface area contributed by atoms with Gasteiger partial charge in [-0.25, -0.2) is 0 Å². The molecule has 2 aliphatic rings. The Labute approximate surface area is 141 Å². The Bertz CT molecular complexity index is 362. The molecule has 2 heterocycles. The SMILES string of the molecule is CCN1CCC(CCNC(=NC)N2CCSC(C)(C)C2)CC1. The Morgan fingerprint density at radius 1 is 1.27 bits per heavy atom. The molecule has 0 radical (unpaired) electrons. The van der Waals surface area contributed by atoms with E-state index in [0.717, 1.165) is 31.5 Å². The molecular formula is C17H34N4S. The van der Waals surface area contributed by atoms with E-state index in [0.29, 0.717) is 4.75 Å². The summed E-state index contributed by atoms with van der Waals surface area (Å²) in [6.07, 6.45) is 4.01. The number of rotatable bonds is 4. The molecule has 4 nitrogen and oxygen atoms in total. The zero-order valence-corrected chi connectivity index (χ0v) is 15.7. The molecule has 0 aliphatic carbocycles. The molecule has 0 saturated carbocycles. The van der Waals surface area contributed by atoms with Crippen molar-refractivity contribution in [2.24, 2.45) is 10.9 Å². The maximum Gasteiger partial charge on any atom is 0.193 e. The average molecular weight is 327 g/mol. The first-order valence-electron chi connectivity index (χ1n) is 8.86. The van der Waals surface area contributed by atoms with Crippen molar-refractivity contribution in [3.8, 4) is 0 Å². The van der Waals surface area contributed by atoms with Gasteiger partial charge in [0, 0.05) is 37.2 Å². The Morgan fingerprint density at radius 2 is 2.00 bits per heavy atom. The maximum absolute atomic E-state index is 4.50. The summed E-state index contributed by atoms with van der Waals surface area (Å²) in [6.45, 7) is 14.0. The van der Waals surface area contributed by atoms with Gasteiger partial charge < -0.3 is 15.1 Å². The largest absolute Gasteiger partial charge is 0.356 e. The molecule has 2 fully saturated rings. The highest BCUT2D eigenvalue weighted by Crippen LogP contribution is 2.29. The van der Waals surface area contributed by atoms with Crippen molar-refractivity contribution in [1.82, 2.24) is 15.1 Å². The second kappa shape index (κ2) is 8.44. The lowest BCUT2D eigenvalue weighted by Crippen LogP contribution is -2.51. The van der Waals surface area contributed by atoms with Crippen LogP contribution in [0.4, 0.5) is 0 Å². The fourth-order valence-electron chi connectivity index (χ4n) is 3.51. The highest BCUT2D eigenvalue weighted by Gasteiger charge is 2.28. The van der Waals surface area contributed by atoms with Gasteiger partial charge in [0.15, 0.2) is 5.96 Å². The van der Waals surface area contributed by atoms with E-state index < -0.39 is 0 Å². The van der Waals surface area contributed by atoms with E-state index in [1.807, 2.05) is 7.05 Å². The van der Waals surface area contributed by atoms with Crippen LogP contribution in [0.2, 0.25) is 0 Å². The molecule has 0 amide bonds. The number of nitrogens with zero attached hydrogens (tertiary/aromatic N) is 3. The fourth-order valence-corrected chi connectivity index (χ4v) is 4.62. The average Bonchev–Trinajstić information content (AvgIpc) is 2.51. The molecule has 0 spiro atoms.